The monoisotopic (exact) mass is 221 g/mol. The van der Waals surface area contributed by atoms with Gasteiger partial charge >= 0.3 is 5.97 Å². The fourth-order valence-electron chi connectivity index (χ4n) is 0.943. The molecule has 4 heteroatoms. The van der Waals surface area contributed by atoms with Crippen LogP contribution in [0, 0.1) is 12.3 Å². The molecule has 1 aromatic rings. The predicted molar refractivity (Wildman–Crippen MR) is 60.0 cm³/mol. The van der Waals surface area contributed by atoms with Gasteiger partial charge in [0.15, 0.2) is 0 Å². The maximum absolute atomic E-state index is 10.5. The molecule has 1 aromatic heterocycles. The Morgan fingerprint density at radius 3 is 2.93 bits per heavy atom. The zero-order valence-electron chi connectivity index (χ0n) is 8.14. The fraction of sp³-hybridized carbons (Fsp3) is 0.273. The molecule has 0 aliphatic carbocycles. The van der Waals surface area contributed by atoms with Crippen LogP contribution >= 0.6 is 11.8 Å². The molecule has 0 amide bonds. The minimum atomic E-state index is -0.952. The summed E-state index contributed by atoms with van der Waals surface area (Å²) in [7, 11) is 0. The zero-order valence-corrected chi connectivity index (χ0v) is 8.96. The highest BCUT2D eigenvalue weighted by Crippen LogP contribution is 2.16. The van der Waals surface area contributed by atoms with Crippen LogP contribution in [0.4, 0.5) is 0 Å². The van der Waals surface area contributed by atoms with Crippen LogP contribution in [0.3, 0.4) is 0 Å². The topological polar surface area (TPSA) is 50.2 Å². The largest absolute Gasteiger partial charge is 0.478 e. The van der Waals surface area contributed by atoms with Crippen molar-refractivity contribution < 1.29 is 9.90 Å². The molecule has 0 saturated carbocycles. The summed E-state index contributed by atoms with van der Waals surface area (Å²) in [6.45, 7) is 0. The number of hydrogen-bond donors (Lipinski definition) is 1. The Bertz CT molecular complexity index is 367. The van der Waals surface area contributed by atoms with Crippen LogP contribution in [0.2, 0.25) is 0 Å². The number of rotatable bonds is 5. The number of aromatic carboxylic acids is 1. The lowest BCUT2D eigenvalue weighted by atomic mass is 10.3. The van der Waals surface area contributed by atoms with E-state index in [1.165, 1.54) is 6.20 Å². The van der Waals surface area contributed by atoms with Gasteiger partial charge in [0.1, 0.15) is 0 Å². The van der Waals surface area contributed by atoms with E-state index in [0.29, 0.717) is 0 Å². The van der Waals surface area contributed by atoms with E-state index in [-0.39, 0.29) is 5.56 Å². The molecule has 0 aliphatic rings. The van der Waals surface area contributed by atoms with Gasteiger partial charge in [0.05, 0.1) is 10.6 Å². The lowest BCUT2D eigenvalue weighted by Crippen LogP contribution is -1.96. The number of aromatic nitrogens is 1. The molecular formula is C11H11NO2S. The van der Waals surface area contributed by atoms with Crippen molar-refractivity contribution >= 4 is 17.7 Å². The van der Waals surface area contributed by atoms with Gasteiger partial charge in [-0.3, -0.25) is 0 Å². The van der Waals surface area contributed by atoms with Crippen molar-refractivity contribution in [1.82, 2.24) is 4.98 Å². The Morgan fingerprint density at radius 1 is 1.60 bits per heavy atom. The molecule has 0 aliphatic heterocycles. The molecule has 0 aromatic carbocycles. The first-order chi connectivity index (χ1) is 7.24. The second kappa shape index (κ2) is 6.10. The van der Waals surface area contributed by atoms with Gasteiger partial charge in [-0.15, -0.1) is 24.1 Å². The molecule has 1 rings (SSSR count). The highest BCUT2D eigenvalue weighted by atomic mass is 32.2. The van der Waals surface area contributed by atoms with E-state index in [4.69, 9.17) is 11.5 Å². The van der Waals surface area contributed by atoms with Crippen molar-refractivity contribution in [3.8, 4) is 12.3 Å². The number of unbranched alkanes of at least 4 members (excludes halogenated alkanes) is 1. The Morgan fingerprint density at radius 2 is 2.40 bits per heavy atom. The molecular weight excluding hydrogens is 210 g/mol. The Balaban J connectivity index is 2.43. The van der Waals surface area contributed by atoms with Crippen LogP contribution in [-0.2, 0) is 0 Å². The van der Waals surface area contributed by atoms with Gasteiger partial charge in [0.2, 0.25) is 0 Å². The maximum Gasteiger partial charge on any atom is 0.337 e. The molecule has 0 bridgehead atoms. The van der Waals surface area contributed by atoms with Crippen molar-refractivity contribution in [1.29, 1.82) is 0 Å². The molecule has 3 nitrogen and oxygen atoms in total. The van der Waals surface area contributed by atoms with E-state index >= 15 is 0 Å². The lowest BCUT2D eigenvalue weighted by Gasteiger charge is -1.99. The lowest BCUT2D eigenvalue weighted by molar-refractivity contribution is 0.0696. The maximum atomic E-state index is 10.5. The van der Waals surface area contributed by atoms with Crippen molar-refractivity contribution in [2.75, 3.05) is 5.75 Å². The summed E-state index contributed by atoms with van der Waals surface area (Å²) in [5.74, 6) is 2.52. The molecule has 0 unspecified atom stereocenters. The number of pyridine rings is 1. The van der Waals surface area contributed by atoms with E-state index in [1.54, 1.807) is 23.9 Å². The number of carbonyl (C=O) groups is 1. The molecule has 1 heterocycles. The smallest absolute Gasteiger partial charge is 0.337 e. The summed E-state index contributed by atoms with van der Waals surface area (Å²) in [4.78, 5) is 14.6. The number of carboxylic acid groups (broad SMARTS) is 1. The van der Waals surface area contributed by atoms with Crippen molar-refractivity contribution in [2.24, 2.45) is 0 Å². The van der Waals surface area contributed by atoms with Crippen molar-refractivity contribution in [3.63, 3.8) is 0 Å². The van der Waals surface area contributed by atoms with Crippen LogP contribution in [-0.4, -0.2) is 21.8 Å². The molecule has 0 radical (unpaired) electrons. The number of carboxylic acids is 1. The summed E-state index contributed by atoms with van der Waals surface area (Å²) in [6.07, 6.45) is 8.20. The Labute approximate surface area is 92.9 Å². The average molecular weight is 221 g/mol. The predicted octanol–water partition coefficient (Wildman–Crippen LogP) is 2.29. The first-order valence-electron chi connectivity index (χ1n) is 4.49. The first-order valence-corrected chi connectivity index (χ1v) is 5.48. The van der Waals surface area contributed by atoms with Crippen molar-refractivity contribution in [3.05, 3.63) is 23.9 Å². The number of terminal acetylenes is 1. The van der Waals surface area contributed by atoms with Crippen LogP contribution in [0.1, 0.15) is 23.2 Å². The van der Waals surface area contributed by atoms with Gasteiger partial charge in [-0.2, -0.15) is 0 Å². The van der Waals surface area contributed by atoms with E-state index in [1.807, 2.05) is 0 Å². The first kappa shape index (κ1) is 11.6. The normalized spacial score (nSPS) is 9.53. The number of nitrogens with zero attached hydrogens (tertiary/aromatic N) is 1. The highest BCUT2D eigenvalue weighted by molar-refractivity contribution is 7.99. The SMILES string of the molecule is C#CCCCSc1ccc(C(=O)O)cn1. The molecule has 0 atom stereocenters. The highest BCUT2D eigenvalue weighted by Gasteiger charge is 2.02. The standard InChI is InChI=1S/C11H11NO2S/c1-2-3-4-7-15-10-6-5-9(8-12-10)11(13)14/h1,5-6,8H,3-4,7H2,(H,13,14). The summed E-state index contributed by atoms with van der Waals surface area (Å²) in [6, 6.07) is 3.27. The fourth-order valence-corrected chi connectivity index (χ4v) is 1.73. The average Bonchev–Trinajstić information content (AvgIpc) is 2.25. The summed E-state index contributed by atoms with van der Waals surface area (Å²) in [5.41, 5.74) is 0.211. The second-order valence-corrected chi connectivity index (χ2v) is 3.96. The zero-order chi connectivity index (χ0) is 11.1. The Kier molecular flexibility index (Phi) is 4.72. The summed E-state index contributed by atoms with van der Waals surface area (Å²) < 4.78 is 0. The van der Waals surface area contributed by atoms with Crippen LogP contribution in [0.15, 0.2) is 23.4 Å². The quantitative estimate of drug-likeness (QED) is 0.471. The van der Waals surface area contributed by atoms with E-state index in [2.05, 4.69) is 10.9 Å². The molecule has 78 valence electrons. The van der Waals surface area contributed by atoms with Gasteiger partial charge in [-0.1, -0.05) is 0 Å². The molecule has 0 saturated heterocycles. The van der Waals surface area contributed by atoms with Gasteiger partial charge in [-0.05, 0) is 18.6 Å². The summed E-state index contributed by atoms with van der Waals surface area (Å²) >= 11 is 1.58. The van der Waals surface area contributed by atoms with Gasteiger partial charge in [0.25, 0.3) is 0 Å². The van der Waals surface area contributed by atoms with Gasteiger partial charge in [0, 0.05) is 18.4 Å². The molecule has 1 N–H and O–H groups in total. The minimum absolute atomic E-state index is 0.211. The van der Waals surface area contributed by atoms with E-state index < -0.39 is 5.97 Å². The number of thioether (sulfide) groups is 1. The third-order valence-corrected chi connectivity index (χ3v) is 2.73. The molecule has 15 heavy (non-hydrogen) atoms. The molecule has 0 fully saturated rings. The summed E-state index contributed by atoms with van der Waals surface area (Å²) in [5, 5.41) is 9.48. The third-order valence-electron chi connectivity index (χ3n) is 1.70. The minimum Gasteiger partial charge on any atom is -0.478 e. The van der Waals surface area contributed by atoms with Gasteiger partial charge in [-0.25, -0.2) is 9.78 Å². The van der Waals surface area contributed by atoms with E-state index in [9.17, 15) is 4.79 Å². The van der Waals surface area contributed by atoms with Crippen molar-refractivity contribution in [2.45, 2.75) is 17.9 Å². The van der Waals surface area contributed by atoms with E-state index in [0.717, 1.165) is 23.6 Å². The van der Waals surface area contributed by atoms with Crippen LogP contribution in [0.25, 0.3) is 0 Å². The van der Waals surface area contributed by atoms with Gasteiger partial charge < -0.3 is 5.11 Å². The van der Waals surface area contributed by atoms with Crippen LogP contribution in [0.5, 0.6) is 0 Å². The van der Waals surface area contributed by atoms with Crippen LogP contribution < -0.4 is 0 Å². The second-order valence-electron chi connectivity index (χ2n) is 2.85. The number of hydrogen-bond acceptors (Lipinski definition) is 3. The third kappa shape index (κ3) is 4.05. The Hall–Kier alpha value is -1.47. The molecule has 0 spiro atoms.